The van der Waals surface area contributed by atoms with E-state index in [-0.39, 0.29) is 0 Å². The number of hydrogen-bond acceptors (Lipinski definition) is 5. The molecule has 1 saturated heterocycles. The Labute approximate surface area is 147 Å². The van der Waals surface area contributed by atoms with Gasteiger partial charge in [-0.05, 0) is 6.92 Å². The highest BCUT2D eigenvalue weighted by Crippen LogP contribution is 2.42. The van der Waals surface area contributed by atoms with Gasteiger partial charge in [0.15, 0.2) is 6.10 Å². The second-order valence-electron chi connectivity index (χ2n) is 6.46. The minimum Gasteiger partial charge on any atom is -0.452 e. The number of carbonyl (C=O) groups is 2. The predicted octanol–water partition coefficient (Wildman–Crippen LogP) is 1.62. The summed E-state index contributed by atoms with van der Waals surface area (Å²) in [5.41, 5.74) is -0.440. The van der Waals surface area contributed by atoms with Gasteiger partial charge in [-0.1, -0.05) is 48.6 Å². The highest BCUT2D eigenvalue weighted by molar-refractivity contribution is 8.12. The van der Waals surface area contributed by atoms with Crippen molar-refractivity contribution >= 4 is 45.1 Å². The van der Waals surface area contributed by atoms with Crippen LogP contribution in [0.2, 0.25) is 18.6 Å². The van der Waals surface area contributed by atoms with Crippen LogP contribution < -0.4 is 5.19 Å². The first-order chi connectivity index (χ1) is 11.0. The van der Waals surface area contributed by atoms with Gasteiger partial charge < -0.3 is 4.74 Å². The molecule has 24 heavy (non-hydrogen) atoms. The standard InChI is InChI=1S/C15H20ClNO5SSi/c1-10-14(24(3,4)12-8-6-5-7-9-12)13(22-11(2)18)15(19)17(10)23(16,20)21/h5-10,13-14H,1-4H3/t10-,13+,14-/m0/s1. The Kier molecular flexibility index (Phi) is 5.13. The van der Waals surface area contributed by atoms with Crippen molar-refractivity contribution in [3.63, 3.8) is 0 Å². The van der Waals surface area contributed by atoms with E-state index in [4.69, 9.17) is 15.4 Å². The van der Waals surface area contributed by atoms with Gasteiger partial charge in [0.2, 0.25) is 0 Å². The van der Waals surface area contributed by atoms with Crippen molar-refractivity contribution in [2.75, 3.05) is 0 Å². The van der Waals surface area contributed by atoms with Gasteiger partial charge in [0.25, 0.3) is 5.91 Å². The van der Waals surface area contributed by atoms with Gasteiger partial charge in [0.1, 0.15) is 0 Å². The van der Waals surface area contributed by atoms with Crippen LogP contribution in [0.1, 0.15) is 13.8 Å². The lowest BCUT2D eigenvalue weighted by atomic mass is 10.2. The van der Waals surface area contributed by atoms with E-state index in [1.807, 2.05) is 43.4 Å². The van der Waals surface area contributed by atoms with Crippen molar-refractivity contribution in [2.24, 2.45) is 0 Å². The number of benzene rings is 1. The van der Waals surface area contributed by atoms with E-state index in [1.165, 1.54) is 6.92 Å². The third-order valence-electron chi connectivity index (χ3n) is 4.56. The van der Waals surface area contributed by atoms with E-state index in [0.717, 1.165) is 5.19 Å². The molecular formula is C15H20ClNO5SSi. The lowest BCUT2D eigenvalue weighted by Crippen LogP contribution is -2.52. The minimum absolute atomic E-state index is 0.440. The molecule has 0 spiro atoms. The predicted molar refractivity (Wildman–Crippen MR) is 93.9 cm³/mol. The Morgan fingerprint density at radius 3 is 2.25 bits per heavy atom. The first kappa shape index (κ1) is 18.9. The summed E-state index contributed by atoms with van der Waals surface area (Å²) in [6.07, 6.45) is -1.15. The molecule has 1 aromatic rings. The summed E-state index contributed by atoms with van der Waals surface area (Å²) >= 11 is 0. The van der Waals surface area contributed by atoms with Crippen LogP contribution in [0, 0.1) is 0 Å². The van der Waals surface area contributed by atoms with Gasteiger partial charge >= 0.3 is 15.2 Å². The molecule has 3 atom stereocenters. The summed E-state index contributed by atoms with van der Waals surface area (Å²) in [5.74, 6) is -1.41. The molecule has 1 aromatic carbocycles. The lowest BCUT2D eigenvalue weighted by molar-refractivity contribution is -0.153. The summed E-state index contributed by atoms with van der Waals surface area (Å²) in [7, 11) is -1.18. The third kappa shape index (κ3) is 3.36. The van der Waals surface area contributed by atoms with Crippen LogP contribution in [0.3, 0.4) is 0 Å². The van der Waals surface area contributed by atoms with Crippen LogP contribution in [0.15, 0.2) is 30.3 Å². The molecule has 1 heterocycles. The van der Waals surface area contributed by atoms with Crippen LogP contribution in [0.4, 0.5) is 0 Å². The van der Waals surface area contributed by atoms with Crippen LogP contribution in [-0.4, -0.2) is 44.8 Å². The van der Waals surface area contributed by atoms with E-state index >= 15 is 0 Å². The van der Waals surface area contributed by atoms with E-state index < -0.39 is 46.9 Å². The maximum Gasteiger partial charge on any atom is 0.324 e. The SMILES string of the molecule is CC(=O)O[C@H]1C(=O)N(S(=O)(=O)Cl)[C@@H](C)[C@@H]1[Si](C)(C)c1ccccc1. The van der Waals surface area contributed by atoms with Gasteiger partial charge in [-0.3, -0.25) is 9.59 Å². The zero-order valence-corrected chi connectivity index (χ0v) is 16.5. The number of carbonyl (C=O) groups excluding carboxylic acids is 2. The number of rotatable bonds is 4. The van der Waals surface area contributed by atoms with Crippen molar-refractivity contribution in [1.29, 1.82) is 0 Å². The minimum atomic E-state index is -4.26. The molecule has 0 unspecified atom stereocenters. The highest BCUT2D eigenvalue weighted by atomic mass is 35.7. The van der Waals surface area contributed by atoms with Crippen molar-refractivity contribution in [3.8, 4) is 0 Å². The average Bonchev–Trinajstić information content (AvgIpc) is 2.70. The molecule has 1 aliphatic rings. The molecule has 6 nitrogen and oxygen atoms in total. The van der Waals surface area contributed by atoms with E-state index in [1.54, 1.807) is 6.92 Å². The second-order valence-corrected chi connectivity index (χ2v) is 13.5. The zero-order chi connectivity index (χ0) is 18.3. The molecule has 9 heteroatoms. The van der Waals surface area contributed by atoms with Crippen LogP contribution in [0.25, 0.3) is 0 Å². The zero-order valence-electron chi connectivity index (χ0n) is 13.9. The van der Waals surface area contributed by atoms with E-state index in [0.29, 0.717) is 4.31 Å². The molecule has 0 aliphatic carbocycles. The van der Waals surface area contributed by atoms with Crippen LogP contribution in [0.5, 0.6) is 0 Å². The Bertz CT molecular complexity index is 752. The largest absolute Gasteiger partial charge is 0.452 e. The summed E-state index contributed by atoms with van der Waals surface area (Å²) in [6.45, 7) is 6.88. The molecule has 2 rings (SSSR count). The fourth-order valence-electron chi connectivity index (χ4n) is 3.53. The third-order valence-corrected chi connectivity index (χ3v) is 10.3. The molecule has 1 fully saturated rings. The van der Waals surface area contributed by atoms with Gasteiger partial charge in [-0.15, -0.1) is 0 Å². The van der Waals surface area contributed by atoms with Crippen molar-refractivity contribution in [2.45, 2.75) is 44.6 Å². The van der Waals surface area contributed by atoms with Crippen molar-refractivity contribution < 1.29 is 22.7 Å². The molecule has 0 bridgehead atoms. The fraction of sp³-hybridized carbons (Fsp3) is 0.467. The van der Waals surface area contributed by atoms with E-state index in [2.05, 4.69) is 0 Å². The Hall–Kier alpha value is -1.38. The second kappa shape index (κ2) is 6.49. The molecule has 0 radical (unpaired) electrons. The molecule has 1 amide bonds. The van der Waals surface area contributed by atoms with Crippen LogP contribution >= 0.6 is 10.7 Å². The number of esters is 1. The normalized spacial score (nSPS) is 25.0. The molecule has 1 aliphatic heterocycles. The fourth-order valence-corrected chi connectivity index (χ4v) is 8.82. The van der Waals surface area contributed by atoms with Gasteiger partial charge in [-0.2, -0.15) is 8.42 Å². The number of nitrogens with zero attached hydrogens (tertiary/aromatic N) is 1. The highest BCUT2D eigenvalue weighted by Gasteiger charge is 2.58. The number of hydrogen-bond donors (Lipinski definition) is 0. The van der Waals surface area contributed by atoms with E-state index in [9.17, 15) is 18.0 Å². The molecule has 0 aromatic heterocycles. The maximum atomic E-state index is 12.6. The Morgan fingerprint density at radius 2 is 1.79 bits per heavy atom. The van der Waals surface area contributed by atoms with Crippen molar-refractivity contribution in [3.05, 3.63) is 30.3 Å². The lowest BCUT2D eigenvalue weighted by Gasteiger charge is -2.35. The number of halogens is 1. The number of amides is 1. The van der Waals surface area contributed by atoms with Gasteiger partial charge in [0.05, 0.1) is 14.1 Å². The Morgan fingerprint density at radius 1 is 1.25 bits per heavy atom. The smallest absolute Gasteiger partial charge is 0.324 e. The average molecular weight is 390 g/mol. The molecule has 132 valence electrons. The molecule has 0 N–H and O–H groups in total. The van der Waals surface area contributed by atoms with Crippen molar-refractivity contribution in [1.82, 2.24) is 4.31 Å². The first-order valence-corrected chi connectivity index (χ1v) is 12.8. The van der Waals surface area contributed by atoms with Gasteiger partial charge in [0, 0.05) is 23.1 Å². The Balaban J connectivity index is 2.55. The first-order valence-electron chi connectivity index (χ1n) is 7.48. The monoisotopic (exact) mass is 389 g/mol. The van der Waals surface area contributed by atoms with Crippen LogP contribution in [-0.2, 0) is 23.6 Å². The summed E-state index contributed by atoms with van der Waals surface area (Å²) < 4.78 is 29.5. The maximum absolute atomic E-state index is 12.6. The topological polar surface area (TPSA) is 80.8 Å². The summed E-state index contributed by atoms with van der Waals surface area (Å²) in [4.78, 5) is 24.1. The molecular weight excluding hydrogens is 370 g/mol. The summed E-state index contributed by atoms with van der Waals surface area (Å²) in [5, 5.41) is 1.04. The number of ether oxygens (including phenoxy) is 1. The summed E-state index contributed by atoms with van der Waals surface area (Å²) in [6, 6.07) is 8.88. The molecule has 0 saturated carbocycles. The quantitative estimate of drug-likeness (QED) is 0.444. The van der Waals surface area contributed by atoms with Gasteiger partial charge in [-0.25, -0.2) is 4.31 Å².